The van der Waals surface area contributed by atoms with Crippen molar-refractivity contribution in [3.05, 3.63) is 41.7 Å². The molecule has 1 atom stereocenters. The van der Waals surface area contributed by atoms with Crippen molar-refractivity contribution in [2.24, 2.45) is 0 Å². The van der Waals surface area contributed by atoms with Gasteiger partial charge in [0, 0.05) is 26.1 Å². The molecule has 0 unspecified atom stereocenters. The van der Waals surface area contributed by atoms with E-state index < -0.39 is 0 Å². The Morgan fingerprint density at radius 3 is 2.62 bits per heavy atom. The molecule has 1 fully saturated rings. The molecule has 0 saturated heterocycles. The summed E-state index contributed by atoms with van der Waals surface area (Å²) in [7, 11) is 1.69. The lowest BCUT2D eigenvalue weighted by Gasteiger charge is -2.19. The van der Waals surface area contributed by atoms with Gasteiger partial charge in [0.2, 0.25) is 5.91 Å². The van der Waals surface area contributed by atoms with Crippen molar-refractivity contribution in [2.75, 3.05) is 13.7 Å². The van der Waals surface area contributed by atoms with Gasteiger partial charge in [-0.3, -0.25) is 4.79 Å². The fraction of sp³-hybridized carbons (Fsp3) is 0.591. The Kier molecular flexibility index (Phi) is 8.55. The van der Waals surface area contributed by atoms with E-state index in [0.717, 1.165) is 23.8 Å². The van der Waals surface area contributed by atoms with E-state index in [2.05, 4.69) is 32.2 Å². The molecule has 1 aliphatic rings. The van der Waals surface area contributed by atoms with Crippen LogP contribution in [0.25, 0.3) is 0 Å². The van der Waals surface area contributed by atoms with Crippen LogP contribution in [0.5, 0.6) is 0 Å². The molecule has 2 aromatic rings. The Bertz CT molecular complexity index is 757. The van der Waals surface area contributed by atoms with Gasteiger partial charge in [0.15, 0.2) is 5.16 Å². The summed E-state index contributed by atoms with van der Waals surface area (Å²) in [5, 5.41) is 12.6. The lowest BCUT2D eigenvalue weighted by atomic mass is 10.1. The van der Waals surface area contributed by atoms with E-state index in [4.69, 9.17) is 4.74 Å². The molecule has 0 spiro atoms. The van der Waals surface area contributed by atoms with Gasteiger partial charge in [0.25, 0.3) is 0 Å². The first kappa shape index (κ1) is 21.8. The number of rotatable bonds is 9. The van der Waals surface area contributed by atoms with Gasteiger partial charge in [0.05, 0.1) is 11.9 Å². The molecule has 6 nitrogen and oxygen atoms in total. The number of hydrogen-bond donors (Lipinski definition) is 1. The maximum atomic E-state index is 12.7. The van der Waals surface area contributed by atoms with E-state index in [9.17, 15) is 4.79 Å². The fourth-order valence-corrected chi connectivity index (χ4v) is 4.58. The summed E-state index contributed by atoms with van der Waals surface area (Å²) in [4.78, 5) is 12.7. The molecule has 29 heavy (non-hydrogen) atoms. The first-order chi connectivity index (χ1) is 14.2. The molecular formula is C22H32N4O2S. The second-order valence-corrected chi connectivity index (χ2v) is 8.97. The van der Waals surface area contributed by atoms with Crippen molar-refractivity contribution in [2.45, 2.75) is 74.9 Å². The average Bonchev–Trinajstić information content (AvgIpc) is 2.92. The van der Waals surface area contributed by atoms with Gasteiger partial charge in [-0.25, -0.2) is 0 Å². The van der Waals surface area contributed by atoms with Crippen LogP contribution in [-0.4, -0.2) is 45.7 Å². The highest BCUT2D eigenvalue weighted by Gasteiger charge is 2.23. The molecular weight excluding hydrogens is 384 g/mol. The first-order valence-electron chi connectivity index (χ1n) is 10.6. The molecule has 158 valence electrons. The lowest BCUT2D eigenvalue weighted by molar-refractivity contribution is -0.121. The van der Waals surface area contributed by atoms with E-state index >= 15 is 0 Å². The minimum absolute atomic E-state index is 0.0906. The van der Waals surface area contributed by atoms with Crippen LogP contribution in [-0.2, 0) is 22.5 Å². The Balaban J connectivity index is 1.65. The normalized spacial score (nSPS) is 16.3. The first-order valence-corrected chi connectivity index (χ1v) is 11.5. The molecule has 0 bridgehead atoms. The molecule has 1 aromatic carbocycles. The summed E-state index contributed by atoms with van der Waals surface area (Å²) < 4.78 is 7.36. The van der Waals surface area contributed by atoms with Gasteiger partial charge in [-0.1, -0.05) is 67.8 Å². The van der Waals surface area contributed by atoms with Crippen LogP contribution in [0.15, 0.2) is 35.5 Å². The molecule has 1 heterocycles. The van der Waals surface area contributed by atoms with Crippen LogP contribution in [0.1, 0.15) is 56.8 Å². The topological polar surface area (TPSA) is 69.0 Å². The Morgan fingerprint density at radius 1 is 1.21 bits per heavy atom. The second-order valence-electron chi connectivity index (χ2n) is 7.66. The van der Waals surface area contributed by atoms with Crippen LogP contribution in [0.4, 0.5) is 0 Å². The Morgan fingerprint density at radius 2 is 1.93 bits per heavy atom. The minimum Gasteiger partial charge on any atom is -0.383 e. The number of methoxy groups -OCH3 is 1. The highest BCUT2D eigenvalue weighted by Crippen LogP contribution is 2.24. The zero-order valence-corrected chi connectivity index (χ0v) is 18.3. The van der Waals surface area contributed by atoms with Crippen molar-refractivity contribution >= 4 is 17.7 Å². The van der Waals surface area contributed by atoms with Crippen LogP contribution < -0.4 is 5.32 Å². The zero-order valence-electron chi connectivity index (χ0n) is 17.5. The molecule has 7 heteroatoms. The Hall–Kier alpha value is -1.86. The van der Waals surface area contributed by atoms with Crippen LogP contribution in [0.3, 0.4) is 0 Å². The third-order valence-corrected chi connectivity index (χ3v) is 6.45. The number of ether oxygens (including phenoxy) is 1. The summed E-state index contributed by atoms with van der Waals surface area (Å²) in [6, 6.07) is 10.6. The molecule has 1 N–H and O–H groups in total. The highest BCUT2D eigenvalue weighted by molar-refractivity contribution is 8.00. The number of benzene rings is 1. The van der Waals surface area contributed by atoms with Crippen molar-refractivity contribution in [3.63, 3.8) is 0 Å². The van der Waals surface area contributed by atoms with Crippen molar-refractivity contribution < 1.29 is 9.53 Å². The second kappa shape index (κ2) is 11.4. The van der Waals surface area contributed by atoms with E-state index in [-0.39, 0.29) is 11.2 Å². The molecule has 3 rings (SSSR count). The number of aromatic nitrogens is 3. The monoisotopic (exact) mass is 416 g/mol. The maximum Gasteiger partial charge on any atom is 0.233 e. The Labute approximate surface area is 177 Å². The molecule has 0 radical (unpaired) electrons. The third-order valence-electron chi connectivity index (χ3n) is 5.37. The summed E-state index contributed by atoms with van der Waals surface area (Å²) in [6.45, 7) is 3.20. The van der Waals surface area contributed by atoms with Crippen LogP contribution in [0.2, 0.25) is 0 Å². The largest absolute Gasteiger partial charge is 0.383 e. The summed E-state index contributed by atoms with van der Waals surface area (Å²) in [6.07, 6.45) is 7.87. The SMILES string of the molecule is COCCn1c(Cc2ccccc2)nnc1S[C@H](C)C(=O)NC1CCCCCC1. The predicted molar refractivity (Wildman–Crippen MR) is 116 cm³/mol. The maximum absolute atomic E-state index is 12.7. The minimum atomic E-state index is -0.215. The number of carbonyl (C=O) groups excluding carboxylic acids is 1. The third kappa shape index (κ3) is 6.57. The van der Waals surface area contributed by atoms with E-state index in [1.165, 1.54) is 43.0 Å². The summed E-state index contributed by atoms with van der Waals surface area (Å²) >= 11 is 1.48. The number of carbonyl (C=O) groups is 1. The number of thioether (sulfide) groups is 1. The highest BCUT2D eigenvalue weighted by atomic mass is 32.2. The number of hydrogen-bond acceptors (Lipinski definition) is 5. The summed E-state index contributed by atoms with van der Waals surface area (Å²) in [5.41, 5.74) is 1.19. The fourth-order valence-electron chi connectivity index (χ4n) is 3.68. The van der Waals surface area contributed by atoms with Crippen molar-refractivity contribution in [1.82, 2.24) is 20.1 Å². The van der Waals surface area contributed by atoms with Crippen molar-refractivity contribution in [1.29, 1.82) is 0 Å². The average molecular weight is 417 g/mol. The van der Waals surface area contributed by atoms with Gasteiger partial charge in [-0.05, 0) is 25.3 Å². The number of amides is 1. The summed E-state index contributed by atoms with van der Waals surface area (Å²) in [5.74, 6) is 0.986. The van der Waals surface area contributed by atoms with Gasteiger partial charge in [-0.15, -0.1) is 10.2 Å². The molecule has 1 aromatic heterocycles. The molecule has 0 aliphatic heterocycles. The van der Waals surface area contributed by atoms with Crippen molar-refractivity contribution in [3.8, 4) is 0 Å². The molecule has 1 aliphatic carbocycles. The number of nitrogens with one attached hydrogen (secondary N) is 1. The zero-order chi connectivity index (χ0) is 20.5. The van der Waals surface area contributed by atoms with E-state index in [1.54, 1.807) is 7.11 Å². The van der Waals surface area contributed by atoms with Gasteiger partial charge >= 0.3 is 0 Å². The number of nitrogens with zero attached hydrogens (tertiary/aromatic N) is 3. The van der Waals surface area contributed by atoms with Gasteiger partial charge in [0.1, 0.15) is 5.82 Å². The molecule has 1 amide bonds. The quantitative estimate of drug-likeness (QED) is 0.497. The van der Waals surface area contributed by atoms with Gasteiger partial charge in [-0.2, -0.15) is 0 Å². The predicted octanol–water partition coefficient (Wildman–Crippen LogP) is 3.83. The standard InChI is InChI=1S/C22H32N4O2S/c1-17(21(27)23-19-12-8-3-4-9-13-19)29-22-25-24-20(26(22)14-15-28-2)16-18-10-6-5-7-11-18/h5-7,10-11,17,19H,3-4,8-9,12-16H2,1-2H3,(H,23,27)/t17-/m1/s1. The van der Waals surface area contributed by atoms with E-state index in [1.807, 2.05) is 25.1 Å². The van der Waals surface area contributed by atoms with E-state index in [0.29, 0.717) is 25.6 Å². The molecule has 1 saturated carbocycles. The van der Waals surface area contributed by atoms with Gasteiger partial charge < -0.3 is 14.6 Å². The van der Waals surface area contributed by atoms with Crippen LogP contribution in [0, 0.1) is 0 Å². The lowest BCUT2D eigenvalue weighted by Crippen LogP contribution is -2.39. The van der Waals surface area contributed by atoms with Crippen LogP contribution >= 0.6 is 11.8 Å². The smallest absolute Gasteiger partial charge is 0.233 e.